The maximum absolute atomic E-state index is 5.83. The van der Waals surface area contributed by atoms with E-state index in [9.17, 15) is 0 Å². The molecule has 0 atom stereocenters. The predicted octanol–water partition coefficient (Wildman–Crippen LogP) is 3.06. The predicted molar refractivity (Wildman–Crippen MR) is 56.8 cm³/mol. The monoisotopic (exact) mass is 211 g/mol. The first-order chi connectivity index (χ1) is 6.79. The third-order valence-electron chi connectivity index (χ3n) is 2.57. The Morgan fingerprint density at radius 1 is 1.57 bits per heavy atom. The molecule has 1 heterocycles. The highest BCUT2D eigenvalue weighted by atomic mass is 35.5. The van der Waals surface area contributed by atoms with Gasteiger partial charge < -0.3 is 4.74 Å². The van der Waals surface area contributed by atoms with E-state index in [1.54, 1.807) is 6.20 Å². The number of pyridine rings is 1. The Labute approximate surface area is 89.3 Å². The standard InChI is InChI=1S/C11H14ClNO/c1-8-5-11(9(6-12)7-13-8)14-10-3-2-4-10/h5,7,10H,2-4,6H2,1H3. The number of hydrogen-bond donors (Lipinski definition) is 0. The SMILES string of the molecule is Cc1cc(OC2CCC2)c(CCl)cn1. The summed E-state index contributed by atoms with van der Waals surface area (Å²) >= 11 is 5.81. The van der Waals surface area contributed by atoms with Gasteiger partial charge in [0, 0.05) is 23.5 Å². The topological polar surface area (TPSA) is 22.1 Å². The zero-order valence-electron chi connectivity index (χ0n) is 8.29. The van der Waals surface area contributed by atoms with E-state index in [1.807, 2.05) is 13.0 Å². The van der Waals surface area contributed by atoms with Crippen LogP contribution in [0, 0.1) is 6.92 Å². The lowest BCUT2D eigenvalue weighted by Gasteiger charge is -2.27. The van der Waals surface area contributed by atoms with Gasteiger partial charge in [-0.05, 0) is 26.2 Å². The van der Waals surface area contributed by atoms with Crippen LogP contribution in [0.5, 0.6) is 5.75 Å². The van der Waals surface area contributed by atoms with E-state index in [4.69, 9.17) is 16.3 Å². The van der Waals surface area contributed by atoms with Crippen molar-refractivity contribution in [1.82, 2.24) is 4.98 Å². The van der Waals surface area contributed by atoms with Crippen LogP contribution < -0.4 is 4.74 Å². The first-order valence-corrected chi connectivity index (χ1v) is 5.51. The minimum atomic E-state index is 0.402. The Balaban J connectivity index is 2.15. The van der Waals surface area contributed by atoms with Gasteiger partial charge in [0.25, 0.3) is 0 Å². The molecule has 1 aromatic heterocycles. The van der Waals surface area contributed by atoms with Crippen LogP contribution in [-0.4, -0.2) is 11.1 Å². The smallest absolute Gasteiger partial charge is 0.127 e. The van der Waals surface area contributed by atoms with Crippen LogP contribution in [0.25, 0.3) is 0 Å². The molecule has 0 aromatic carbocycles. The van der Waals surface area contributed by atoms with E-state index >= 15 is 0 Å². The minimum Gasteiger partial charge on any atom is -0.490 e. The van der Waals surface area contributed by atoms with Crippen molar-refractivity contribution >= 4 is 11.6 Å². The van der Waals surface area contributed by atoms with Gasteiger partial charge in [-0.15, -0.1) is 11.6 Å². The summed E-state index contributed by atoms with van der Waals surface area (Å²) in [6, 6.07) is 1.97. The number of halogens is 1. The van der Waals surface area contributed by atoms with Crippen LogP contribution in [0.3, 0.4) is 0 Å². The van der Waals surface area contributed by atoms with E-state index in [0.29, 0.717) is 12.0 Å². The summed E-state index contributed by atoms with van der Waals surface area (Å²) in [5, 5.41) is 0. The highest BCUT2D eigenvalue weighted by Crippen LogP contribution is 2.28. The van der Waals surface area contributed by atoms with Crippen molar-refractivity contribution in [3.63, 3.8) is 0 Å². The van der Waals surface area contributed by atoms with Crippen molar-refractivity contribution in [1.29, 1.82) is 0 Å². The quantitative estimate of drug-likeness (QED) is 0.717. The molecule has 1 saturated carbocycles. The molecular formula is C11H14ClNO. The summed E-state index contributed by atoms with van der Waals surface area (Å²) in [6.07, 6.45) is 5.83. The maximum atomic E-state index is 5.83. The summed E-state index contributed by atoms with van der Waals surface area (Å²) in [4.78, 5) is 4.20. The minimum absolute atomic E-state index is 0.402. The molecule has 0 bridgehead atoms. The first-order valence-electron chi connectivity index (χ1n) is 4.97. The van der Waals surface area contributed by atoms with Crippen molar-refractivity contribution in [3.05, 3.63) is 23.5 Å². The van der Waals surface area contributed by atoms with E-state index in [-0.39, 0.29) is 0 Å². The molecule has 0 unspecified atom stereocenters. The number of nitrogens with zero attached hydrogens (tertiary/aromatic N) is 1. The van der Waals surface area contributed by atoms with Gasteiger partial charge in [0.15, 0.2) is 0 Å². The van der Waals surface area contributed by atoms with Crippen molar-refractivity contribution in [2.45, 2.75) is 38.2 Å². The van der Waals surface area contributed by atoms with Crippen LogP contribution in [0.2, 0.25) is 0 Å². The molecule has 1 aromatic rings. The molecule has 2 nitrogen and oxygen atoms in total. The van der Waals surface area contributed by atoms with Gasteiger partial charge in [0.05, 0.1) is 12.0 Å². The van der Waals surface area contributed by atoms with Gasteiger partial charge in [-0.2, -0.15) is 0 Å². The zero-order valence-corrected chi connectivity index (χ0v) is 9.05. The average molecular weight is 212 g/mol. The fraction of sp³-hybridized carbons (Fsp3) is 0.545. The Bertz CT molecular complexity index is 323. The summed E-state index contributed by atoms with van der Waals surface area (Å²) < 4.78 is 5.83. The molecule has 0 radical (unpaired) electrons. The van der Waals surface area contributed by atoms with Crippen molar-refractivity contribution in [2.24, 2.45) is 0 Å². The first kappa shape index (κ1) is 9.78. The van der Waals surface area contributed by atoms with Gasteiger partial charge in [0.1, 0.15) is 5.75 Å². The lowest BCUT2D eigenvalue weighted by Crippen LogP contribution is -2.25. The van der Waals surface area contributed by atoms with Crippen LogP contribution >= 0.6 is 11.6 Å². The van der Waals surface area contributed by atoms with E-state index in [0.717, 1.165) is 17.0 Å². The second-order valence-electron chi connectivity index (χ2n) is 3.74. The van der Waals surface area contributed by atoms with Gasteiger partial charge in [-0.3, -0.25) is 4.98 Å². The fourth-order valence-electron chi connectivity index (χ4n) is 1.44. The number of ether oxygens (including phenoxy) is 1. The molecule has 1 aliphatic carbocycles. The van der Waals surface area contributed by atoms with E-state index < -0.39 is 0 Å². The normalized spacial score (nSPS) is 16.4. The highest BCUT2D eigenvalue weighted by molar-refractivity contribution is 6.17. The molecule has 0 aliphatic heterocycles. The highest BCUT2D eigenvalue weighted by Gasteiger charge is 2.20. The van der Waals surface area contributed by atoms with Crippen LogP contribution in [-0.2, 0) is 5.88 Å². The van der Waals surface area contributed by atoms with Crippen molar-refractivity contribution in [2.75, 3.05) is 0 Å². The maximum Gasteiger partial charge on any atom is 0.127 e. The van der Waals surface area contributed by atoms with Gasteiger partial charge in [-0.1, -0.05) is 0 Å². The molecule has 2 rings (SSSR count). The number of aryl methyl sites for hydroxylation is 1. The molecule has 1 fully saturated rings. The Morgan fingerprint density at radius 2 is 2.36 bits per heavy atom. The number of hydrogen-bond acceptors (Lipinski definition) is 2. The van der Waals surface area contributed by atoms with E-state index in [1.165, 1.54) is 19.3 Å². The number of alkyl halides is 1. The average Bonchev–Trinajstić information content (AvgIpc) is 2.12. The van der Waals surface area contributed by atoms with Crippen LogP contribution in [0.1, 0.15) is 30.5 Å². The number of aromatic nitrogens is 1. The second kappa shape index (κ2) is 4.18. The van der Waals surface area contributed by atoms with Gasteiger partial charge in [-0.25, -0.2) is 0 Å². The van der Waals surface area contributed by atoms with Crippen molar-refractivity contribution < 1.29 is 4.74 Å². The zero-order chi connectivity index (χ0) is 9.97. The molecule has 76 valence electrons. The van der Waals surface area contributed by atoms with Crippen LogP contribution in [0.15, 0.2) is 12.3 Å². The molecule has 1 aliphatic rings. The lowest BCUT2D eigenvalue weighted by molar-refractivity contribution is 0.119. The molecule has 14 heavy (non-hydrogen) atoms. The summed E-state index contributed by atoms with van der Waals surface area (Å²) in [5.74, 6) is 1.38. The van der Waals surface area contributed by atoms with Crippen LogP contribution in [0.4, 0.5) is 0 Å². The summed E-state index contributed by atoms with van der Waals surface area (Å²) in [5.41, 5.74) is 1.97. The molecular weight excluding hydrogens is 198 g/mol. The Morgan fingerprint density at radius 3 is 2.93 bits per heavy atom. The summed E-state index contributed by atoms with van der Waals surface area (Å²) in [7, 11) is 0. The number of rotatable bonds is 3. The Kier molecular flexibility index (Phi) is 2.92. The molecule has 0 spiro atoms. The summed E-state index contributed by atoms with van der Waals surface area (Å²) in [6.45, 7) is 1.96. The fourth-order valence-corrected chi connectivity index (χ4v) is 1.64. The third-order valence-corrected chi connectivity index (χ3v) is 2.86. The van der Waals surface area contributed by atoms with Gasteiger partial charge >= 0.3 is 0 Å². The van der Waals surface area contributed by atoms with Crippen molar-refractivity contribution in [3.8, 4) is 5.75 Å². The molecule has 0 N–H and O–H groups in total. The molecule has 0 saturated heterocycles. The molecule has 0 amide bonds. The second-order valence-corrected chi connectivity index (χ2v) is 4.01. The van der Waals surface area contributed by atoms with Gasteiger partial charge in [0.2, 0.25) is 0 Å². The Hall–Kier alpha value is -0.760. The third kappa shape index (κ3) is 2.01. The molecule has 3 heteroatoms. The largest absolute Gasteiger partial charge is 0.490 e. The lowest BCUT2D eigenvalue weighted by atomic mass is 9.96. The van der Waals surface area contributed by atoms with E-state index in [2.05, 4.69) is 4.98 Å².